The molecule has 10 nitrogen and oxygen atoms in total. The number of anilines is 1. The summed E-state index contributed by atoms with van der Waals surface area (Å²) in [6, 6.07) is 3.65. The van der Waals surface area contributed by atoms with Crippen LogP contribution in [0.3, 0.4) is 0 Å². The number of imide groups is 2. The highest BCUT2D eigenvalue weighted by Gasteiger charge is 2.45. The lowest BCUT2D eigenvalue weighted by molar-refractivity contribution is -0.136. The Labute approximate surface area is 172 Å². The molecular formula is C20H22N4O6. The van der Waals surface area contributed by atoms with E-state index in [1.807, 2.05) is 0 Å². The van der Waals surface area contributed by atoms with Crippen LogP contribution in [0.4, 0.5) is 5.69 Å². The first kappa shape index (κ1) is 20.0. The van der Waals surface area contributed by atoms with Crippen LogP contribution in [0.15, 0.2) is 18.2 Å². The fraction of sp³-hybridized carbons (Fsp3) is 0.450. The van der Waals surface area contributed by atoms with Crippen LogP contribution in [-0.4, -0.2) is 66.3 Å². The number of hydrogen-bond donors (Lipinski definition) is 3. The molecule has 0 radical (unpaired) electrons. The van der Waals surface area contributed by atoms with Gasteiger partial charge in [0.15, 0.2) is 0 Å². The molecule has 1 aromatic carbocycles. The maximum Gasteiger partial charge on any atom is 0.264 e. The van der Waals surface area contributed by atoms with E-state index >= 15 is 0 Å². The molecule has 5 amide bonds. The minimum absolute atomic E-state index is 0.0410. The Kier molecular flexibility index (Phi) is 5.49. The molecule has 30 heavy (non-hydrogen) atoms. The van der Waals surface area contributed by atoms with Crippen molar-refractivity contribution in [3.8, 4) is 0 Å². The van der Waals surface area contributed by atoms with Crippen molar-refractivity contribution in [1.29, 1.82) is 0 Å². The van der Waals surface area contributed by atoms with Crippen molar-refractivity contribution in [3.05, 3.63) is 29.3 Å². The van der Waals surface area contributed by atoms with E-state index in [1.165, 1.54) is 6.07 Å². The highest BCUT2D eigenvalue weighted by molar-refractivity contribution is 6.25. The highest BCUT2D eigenvalue weighted by Crippen LogP contribution is 2.32. The average Bonchev–Trinajstić information content (AvgIpc) is 2.98. The van der Waals surface area contributed by atoms with Gasteiger partial charge in [-0.1, -0.05) is 6.07 Å². The van der Waals surface area contributed by atoms with Gasteiger partial charge in [-0.15, -0.1) is 0 Å². The van der Waals surface area contributed by atoms with Gasteiger partial charge in [0, 0.05) is 18.7 Å². The lowest BCUT2D eigenvalue weighted by atomic mass is 10.0. The molecule has 2 fully saturated rings. The van der Waals surface area contributed by atoms with E-state index < -0.39 is 29.7 Å². The second kappa shape index (κ2) is 8.23. The van der Waals surface area contributed by atoms with Crippen LogP contribution in [0.1, 0.15) is 46.4 Å². The van der Waals surface area contributed by atoms with Crippen molar-refractivity contribution in [2.45, 2.75) is 37.8 Å². The molecule has 0 bridgehead atoms. The Bertz CT molecular complexity index is 924. The highest BCUT2D eigenvalue weighted by atomic mass is 16.5. The number of nitrogens with one attached hydrogen (secondary N) is 3. The maximum atomic E-state index is 13.0. The smallest absolute Gasteiger partial charge is 0.264 e. The van der Waals surface area contributed by atoms with Crippen molar-refractivity contribution < 1.29 is 28.7 Å². The topological polar surface area (TPSA) is 134 Å². The third-order valence-electron chi connectivity index (χ3n) is 5.43. The Morgan fingerprint density at radius 2 is 2.00 bits per heavy atom. The number of carbonyl (C=O) groups is 5. The van der Waals surface area contributed by atoms with E-state index in [-0.39, 0.29) is 42.5 Å². The van der Waals surface area contributed by atoms with Gasteiger partial charge in [-0.05, 0) is 31.4 Å². The molecule has 3 heterocycles. The van der Waals surface area contributed by atoms with Gasteiger partial charge in [-0.25, -0.2) is 0 Å². The van der Waals surface area contributed by atoms with Crippen molar-refractivity contribution in [3.63, 3.8) is 0 Å². The number of piperidine rings is 1. The molecule has 1 unspecified atom stereocenters. The minimum Gasteiger partial charge on any atom is -0.379 e. The molecule has 1 aromatic rings. The Morgan fingerprint density at radius 3 is 2.73 bits per heavy atom. The van der Waals surface area contributed by atoms with E-state index in [2.05, 4.69) is 16.0 Å². The van der Waals surface area contributed by atoms with Gasteiger partial charge in [0.2, 0.25) is 17.7 Å². The van der Waals surface area contributed by atoms with Crippen LogP contribution in [-0.2, 0) is 19.1 Å². The largest absolute Gasteiger partial charge is 0.379 e. The fourth-order valence-corrected chi connectivity index (χ4v) is 3.97. The van der Waals surface area contributed by atoms with E-state index in [0.717, 1.165) is 17.7 Å². The molecule has 158 valence electrons. The number of ether oxygens (including phenoxy) is 1. The zero-order valence-electron chi connectivity index (χ0n) is 16.2. The molecule has 10 heteroatoms. The quantitative estimate of drug-likeness (QED) is 0.568. The van der Waals surface area contributed by atoms with Crippen molar-refractivity contribution in [2.24, 2.45) is 0 Å². The molecule has 0 saturated carbocycles. The van der Waals surface area contributed by atoms with Crippen LogP contribution < -0.4 is 16.0 Å². The number of fused-ring (bicyclic) bond motifs is 1. The summed E-state index contributed by atoms with van der Waals surface area (Å²) in [4.78, 5) is 62.5. The third-order valence-corrected chi connectivity index (χ3v) is 5.43. The zero-order chi connectivity index (χ0) is 21.3. The molecule has 2 atom stereocenters. The first-order chi connectivity index (χ1) is 14.5. The Hall–Kier alpha value is -3.27. The van der Waals surface area contributed by atoms with Gasteiger partial charge in [-0.2, -0.15) is 0 Å². The lowest BCUT2D eigenvalue weighted by Gasteiger charge is -2.27. The number of nitrogens with zero attached hydrogens (tertiary/aromatic N) is 1. The second-order valence-electron chi connectivity index (χ2n) is 7.51. The van der Waals surface area contributed by atoms with Gasteiger partial charge in [0.05, 0.1) is 30.3 Å². The van der Waals surface area contributed by atoms with Crippen molar-refractivity contribution in [2.75, 3.05) is 25.1 Å². The first-order valence-electron chi connectivity index (χ1n) is 9.91. The number of rotatable bonds is 5. The van der Waals surface area contributed by atoms with Gasteiger partial charge in [-0.3, -0.25) is 34.2 Å². The van der Waals surface area contributed by atoms with Gasteiger partial charge in [0.25, 0.3) is 11.8 Å². The van der Waals surface area contributed by atoms with E-state index in [1.54, 1.807) is 12.1 Å². The lowest BCUT2D eigenvalue weighted by Crippen LogP contribution is -2.54. The van der Waals surface area contributed by atoms with Crippen molar-refractivity contribution >= 4 is 35.2 Å². The summed E-state index contributed by atoms with van der Waals surface area (Å²) in [6.07, 6.45) is 1.88. The predicted molar refractivity (Wildman–Crippen MR) is 104 cm³/mol. The monoisotopic (exact) mass is 414 g/mol. The molecule has 0 aliphatic carbocycles. The van der Waals surface area contributed by atoms with Crippen LogP contribution in [0.25, 0.3) is 0 Å². The molecule has 0 aromatic heterocycles. The summed E-state index contributed by atoms with van der Waals surface area (Å²) in [6.45, 7) is 1.09. The van der Waals surface area contributed by atoms with E-state index in [0.29, 0.717) is 18.9 Å². The average molecular weight is 414 g/mol. The second-order valence-corrected chi connectivity index (χ2v) is 7.51. The molecule has 0 spiro atoms. The summed E-state index contributed by atoms with van der Waals surface area (Å²) < 4.78 is 5.34. The van der Waals surface area contributed by atoms with Crippen LogP contribution in [0.5, 0.6) is 0 Å². The summed E-state index contributed by atoms with van der Waals surface area (Å²) in [5.41, 5.74) is 0.632. The molecule has 3 aliphatic rings. The van der Waals surface area contributed by atoms with Crippen LogP contribution in [0, 0.1) is 0 Å². The fourth-order valence-electron chi connectivity index (χ4n) is 3.97. The predicted octanol–water partition coefficient (Wildman–Crippen LogP) is -0.205. The maximum absolute atomic E-state index is 13.0. The summed E-state index contributed by atoms with van der Waals surface area (Å²) in [7, 11) is 0. The standard InChI is InChI=1S/C20H22N4O6/c25-15-7-6-14(18(27)23-15)24-19(28)12-4-1-5-13(17(12)20(24)29)21-9-16(26)22-11-3-2-8-30-10-11/h1,4-5,11,14,21H,2-3,6-10H2,(H,22,26)(H,23,25,27)/t11-,14?/m0/s1. The third kappa shape index (κ3) is 3.78. The number of benzene rings is 1. The van der Waals surface area contributed by atoms with Gasteiger partial charge >= 0.3 is 0 Å². The number of carbonyl (C=O) groups excluding carboxylic acids is 5. The number of amides is 5. The van der Waals surface area contributed by atoms with Crippen LogP contribution in [0.2, 0.25) is 0 Å². The summed E-state index contributed by atoms with van der Waals surface area (Å²) in [5, 5.41) is 7.96. The van der Waals surface area contributed by atoms with Gasteiger partial charge < -0.3 is 15.4 Å². The van der Waals surface area contributed by atoms with Crippen molar-refractivity contribution in [1.82, 2.24) is 15.5 Å². The Balaban J connectivity index is 1.47. The zero-order valence-corrected chi connectivity index (χ0v) is 16.2. The Morgan fingerprint density at radius 1 is 1.17 bits per heavy atom. The van der Waals surface area contributed by atoms with E-state index in [9.17, 15) is 24.0 Å². The number of hydrogen-bond acceptors (Lipinski definition) is 7. The minimum atomic E-state index is -1.03. The first-order valence-corrected chi connectivity index (χ1v) is 9.91. The summed E-state index contributed by atoms with van der Waals surface area (Å²) >= 11 is 0. The molecule has 3 aliphatic heterocycles. The SMILES string of the molecule is O=C1CCC(N2C(=O)c3cccc(NCC(=O)N[C@H]4CCCOC4)c3C2=O)C(=O)N1. The normalized spacial score (nSPS) is 23.8. The molecular weight excluding hydrogens is 392 g/mol. The van der Waals surface area contributed by atoms with Gasteiger partial charge in [0.1, 0.15) is 6.04 Å². The van der Waals surface area contributed by atoms with Crippen LogP contribution >= 0.6 is 0 Å². The summed E-state index contributed by atoms with van der Waals surface area (Å²) in [5.74, 6) is -2.54. The molecule has 4 rings (SSSR count). The molecule has 3 N–H and O–H groups in total. The molecule has 2 saturated heterocycles. The van der Waals surface area contributed by atoms with E-state index in [4.69, 9.17) is 4.74 Å².